The Kier molecular flexibility index (Phi) is 9.89. The van der Waals surface area contributed by atoms with Crippen LogP contribution in [0.3, 0.4) is 0 Å². The van der Waals surface area contributed by atoms with Crippen molar-refractivity contribution in [3.8, 4) is 0 Å². The summed E-state index contributed by atoms with van der Waals surface area (Å²) < 4.78 is 0. The molecule has 0 aliphatic heterocycles. The molecule has 0 rings (SSSR count). The van der Waals surface area contributed by atoms with Gasteiger partial charge in [0.2, 0.25) is 0 Å². The van der Waals surface area contributed by atoms with E-state index < -0.39 is 0 Å². The van der Waals surface area contributed by atoms with E-state index in [1.165, 1.54) is 0 Å². The summed E-state index contributed by atoms with van der Waals surface area (Å²) in [7, 11) is 0. The Morgan fingerprint density at radius 2 is 1.67 bits per heavy atom. The van der Waals surface area contributed by atoms with E-state index in [0.29, 0.717) is 0 Å². The molecule has 0 aliphatic rings. The zero-order chi connectivity index (χ0) is 4.28. The molecular weight excluding hydrogens is 91.0 g/mol. The summed E-state index contributed by atoms with van der Waals surface area (Å²) in [5, 5.41) is 9.13. The van der Waals surface area contributed by atoms with Gasteiger partial charge < -0.3 is 10.1 Å². The van der Waals surface area contributed by atoms with Gasteiger partial charge in [-0.1, -0.05) is 0 Å². The van der Waals surface area contributed by atoms with Crippen molar-refractivity contribution in [1.82, 2.24) is 0 Å². The summed E-state index contributed by atoms with van der Waals surface area (Å²) in [6, 6.07) is 0. The van der Waals surface area contributed by atoms with Crippen LogP contribution in [0.1, 0.15) is 13.8 Å². The second-order valence-electron chi connectivity index (χ2n) is 1.14. The fourth-order valence-electron chi connectivity index (χ4n) is 0. The van der Waals surface area contributed by atoms with E-state index in [-0.39, 0.29) is 35.7 Å². The van der Waals surface area contributed by atoms with Crippen LogP contribution in [0.2, 0.25) is 0 Å². The fourth-order valence-corrected chi connectivity index (χ4v) is 0. The van der Waals surface area contributed by atoms with Gasteiger partial charge >= 0.3 is 29.6 Å². The Bertz CT molecular complexity index is 22.8. The third-order valence-electron chi connectivity index (χ3n) is 0.192. The first kappa shape index (κ1) is 10.0. The Morgan fingerprint density at radius 3 is 1.67 bits per heavy atom. The molecule has 0 aromatic carbocycles. The molecule has 0 heterocycles. The van der Waals surface area contributed by atoms with Crippen molar-refractivity contribution in [3.05, 3.63) is 0 Å². The summed E-state index contributed by atoms with van der Waals surface area (Å²) in [5.41, 5.74) is 0. The molecule has 0 N–H and O–H groups in total. The van der Waals surface area contributed by atoms with Gasteiger partial charge in [0.25, 0.3) is 0 Å². The van der Waals surface area contributed by atoms with E-state index in [9.17, 15) is 0 Å². The van der Waals surface area contributed by atoms with Crippen molar-refractivity contribution in [2.24, 2.45) is 0 Å². The van der Waals surface area contributed by atoms with Gasteiger partial charge in [0, 0.05) is 6.10 Å². The number of rotatable bonds is 1. The summed E-state index contributed by atoms with van der Waals surface area (Å²) in [6.07, 6.45) is -0.171. The average molecular weight is 98.1 g/mol. The topological polar surface area (TPSA) is 32.3 Å². The minimum atomic E-state index is -0.171. The molecule has 0 saturated carbocycles. The summed E-state index contributed by atoms with van der Waals surface area (Å²) >= 11 is 0. The molecule has 0 radical (unpaired) electrons. The average Bonchev–Trinajstić information content (AvgIpc) is 1.38. The Balaban J connectivity index is 0. The molecule has 0 atom stereocenters. The Labute approximate surface area is 59.7 Å². The molecular formula is C3H7NaO2. The standard InChI is InChI=1S/C3H8O2.Na/c1-3(2)5-4;/h3-4H,1-2H3;/q;+1/p-1. The number of hydrogen-bond acceptors (Lipinski definition) is 2. The van der Waals surface area contributed by atoms with Crippen LogP contribution in [0.5, 0.6) is 0 Å². The van der Waals surface area contributed by atoms with Crippen LogP contribution in [0.25, 0.3) is 0 Å². The molecule has 0 unspecified atom stereocenters. The summed E-state index contributed by atoms with van der Waals surface area (Å²) in [5.74, 6) is 0. The maximum Gasteiger partial charge on any atom is 1.00 e. The van der Waals surface area contributed by atoms with E-state index in [1.54, 1.807) is 13.8 Å². The second kappa shape index (κ2) is 5.92. The Morgan fingerprint density at radius 1 is 1.50 bits per heavy atom. The van der Waals surface area contributed by atoms with Crippen LogP contribution in [0, 0.1) is 0 Å². The largest absolute Gasteiger partial charge is 1.00 e. The Hall–Kier alpha value is 0.920. The van der Waals surface area contributed by atoms with Crippen LogP contribution < -0.4 is 34.8 Å². The maximum absolute atomic E-state index is 9.13. The molecule has 2 nitrogen and oxygen atoms in total. The van der Waals surface area contributed by atoms with Gasteiger partial charge in [-0.25, -0.2) is 0 Å². The zero-order valence-electron chi connectivity index (χ0n) is 4.39. The van der Waals surface area contributed by atoms with Crippen molar-refractivity contribution < 1.29 is 39.7 Å². The molecule has 0 aliphatic carbocycles. The smallest absolute Gasteiger partial charge is 0.723 e. The van der Waals surface area contributed by atoms with E-state index >= 15 is 0 Å². The van der Waals surface area contributed by atoms with Crippen molar-refractivity contribution in [3.63, 3.8) is 0 Å². The molecule has 0 bridgehead atoms. The molecule has 0 aromatic rings. The second-order valence-corrected chi connectivity index (χ2v) is 1.14. The monoisotopic (exact) mass is 98.0 g/mol. The maximum atomic E-state index is 9.13. The van der Waals surface area contributed by atoms with Gasteiger partial charge in [-0.15, -0.1) is 0 Å². The fraction of sp³-hybridized carbons (Fsp3) is 1.00. The van der Waals surface area contributed by atoms with Gasteiger partial charge in [0.15, 0.2) is 0 Å². The van der Waals surface area contributed by atoms with Crippen LogP contribution in [-0.4, -0.2) is 6.10 Å². The normalized spacial score (nSPS) is 8.00. The third-order valence-corrected chi connectivity index (χ3v) is 0.192. The summed E-state index contributed by atoms with van der Waals surface area (Å²) in [4.78, 5) is 3.50. The van der Waals surface area contributed by atoms with E-state index in [0.717, 1.165) is 0 Å². The molecule has 0 aromatic heterocycles. The van der Waals surface area contributed by atoms with Crippen LogP contribution in [0.15, 0.2) is 0 Å². The minimum Gasteiger partial charge on any atom is -0.723 e. The van der Waals surface area contributed by atoms with E-state index in [4.69, 9.17) is 5.26 Å². The van der Waals surface area contributed by atoms with Crippen molar-refractivity contribution in [2.75, 3.05) is 0 Å². The predicted octanol–water partition coefficient (Wildman–Crippen LogP) is -3.31. The predicted molar refractivity (Wildman–Crippen MR) is 16.2 cm³/mol. The molecule has 0 fully saturated rings. The zero-order valence-corrected chi connectivity index (χ0v) is 6.39. The van der Waals surface area contributed by atoms with Gasteiger partial charge in [0.1, 0.15) is 0 Å². The van der Waals surface area contributed by atoms with Crippen molar-refractivity contribution >= 4 is 0 Å². The van der Waals surface area contributed by atoms with E-state index in [2.05, 4.69) is 4.89 Å². The number of hydrogen-bond donors (Lipinski definition) is 0. The van der Waals surface area contributed by atoms with Crippen LogP contribution >= 0.6 is 0 Å². The molecule has 32 valence electrons. The SMILES string of the molecule is CC(C)O[O-].[Na+]. The quantitative estimate of drug-likeness (QED) is 0.195. The first-order chi connectivity index (χ1) is 2.27. The van der Waals surface area contributed by atoms with Gasteiger partial charge in [-0.3, -0.25) is 0 Å². The molecule has 0 spiro atoms. The molecule has 0 amide bonds. The summed E-state index contributed by atoms with van der Waals surface area (Å²) in [6.45, 7) is 3.38. The molecule has 0 saturated heterocycles. The molecule has 3 heteroatoms. The molecule has 6 heavy (non-hydrogen) atoms. The first-order valence-corrected chi connectivity index (χ1v) is 1.56. The van der Waals surface area contributed by atoms with Gasteiger partial charge in [0.05, 0.1) is 0 Å². The first-order valence-electron chi connectivity index (χ1n) is 1.56. The van der Waals surface area contributed by atoms with Crippen LogP contribution in [-0.2, 0) is 4.89 Å². The third kappa shape index (κ3) is 8.87. The minimum absolute atomic E-state index is 0. The van der Waals surface area contributed by atoms with Gasteiger partial charge in [-0.2, -0.15) is 0 Å². The van der Waals surface area contributed by atoms with Crippen LogP contribution in [0.4, 0.5) is 0 Å². The van der Waals surface area contributed by atoms with Gasteiger partial charge in [-0.05, 0) is 13.8 Å². The van der Waals surface area contributed by atoms with Crippen molar-refractivity contribution in [2.45, 2.75) is 20.0 Å². The van der Waals surface area contributed by atoms with Crippen molar-refractivity contribution in [1.29, 1.82) is 0 Å². The van der Waals surface area contributed by atoms with E-state index in [1.807, 2.05) is 0 Å².